The lowest BCUT2D eigenvalue weighted by Crippen LogP contribution is -2.05. The highest BCUT2D eigenvalue weighted by Gasteiger charge is 2.19. The minimum Gasteiger partial charge on any atom is -0.388 e. The van der Waals surface area contributed by atoms with Crippen LogP contribution < -0.4 is 5.32 Å². The van der Waals surface area contributed by atoms with Crippen LogP contribution in [0.2, 0.25) is 0 Å². The van der Waals surface area contributed by atoms with Gasteiger partial charge in [0, 0.05) is 24.2 Å². The molecule has 1 atom stereocenters. The molecule has 2 aromatic rings. The van der Waals surface area contributed by atoms with Gasteiger partial charge in [0.1, 0.15) is 5.82 Å². The summed E-state index contributed by atoms with van der Waals surface area (Å²) in [5.74, 6) is -0.287. The highest BCUT2D eigenvalue weighted by atomic mass is 79.9. The first-order valence-electron chi connectivity index (χ1n) is 6.63. The van der Waals surface area contributed by atoms with E-state index in [1.165, 1.54) is 11.6 Å². The van der Waals surface area contributed by atoms with Gasteiger partial charge in [-0.05, 0) is 45.6 Å². The van der Waals surface area contributed by atoms with Crippen molar-refractivity contribution in [2.45, 2.75) is 18.9 Å². The maximum absolute atomic E-state index is 13.2. The van der Waals surface area contributed by atoms with Gasteiger partial charge in [-0.15, -0.1) is 0 Å². The summed E-state index contributed by atoms with van der Waals surface area (Å²) in [6, 6.07) is 10.8. The Bertz CT molecular complexity index is 644. The Morgan fingerprint density at radius 3 is 2.95 bits per heavy atom. The van der Waals surface area contributed by atoms with Gasteiger partial charge in [-0.2, -0.15) is 0 Å². The van der Waals surface area contributed by atoms with Crippen LogP contribution in [0.3, 0.4) is 0 Å². The molecule has 1 aliphatic heterocycles. The van der Waals surface area contributed by atoms with E-state index in [2.05, 4.69) is 27.3 Å². The molecule has 0 saturated heterocycles. The Morgan fingerprint density at radius 1 is 1.30 bits per heavy atom. The SMILES string of the molecule is OC(Cc1ccc(F)c(Br)c1)c1cccc2c1NCC2. The molecule has 1 unspecified atom stereocenters. The summed E-state index contributed by atoms with van der Waals surface area (Å²) in [5, 5.41) is 13.8. The van der Waals surface area contributed by atoms with E-state index in [-0.39, 0.29) is 5.82 Å². The van der Waals surface area contributed by atoms with E-state index in [0.717, 1.165) is 29.8 Å². The minimum absolute atomic E-state index is 0.287. The molecule has 2 N–H and O–H groups in total. The molecule has 2 aromatic carbocycles. The normalized spacial score (nSPS) is 14.8. The number of fused-ring (bicyclic) bond motifs is 1. The summed E-state index contributed by atoms with van der Waals surface area (Å²) in [6.07, 6.45) is 0.877. The van der Waals surface area contributed by atoms with Crippen molar-refractivity contribution in [3.63, 3.8) is 0 Å². The Labute approximate surface area is 125 Å². The first-order valence-corrected chi connectivity index (χ1v) is 7.42. The first-order chi connectivity index (χ1) is 9.65. The van der Waals surface area contributed by atoms with Crippen molar-refractivity contribution in [2.75, 3.05) is 11.9 Å². The van der Waals surface area contributed by atoms with Crippen LogP contribution in [0.1, 0.15) is 22.8 Å². The Morgan fingerprint density at radius 2 is 2.15 bits per heavy atom. The quantitative estimate of drug-likeness (QED) is 0.893. The predicted molar refractivity (Wildman–Crippen MR) is 81.4 cm³/mol. The van der Waals surface area contributed by atoms with Crippen molar-refractivity contribution in [3.8, 4) is 0 Å². The van der Waals surface area contributed by atoms with Gasteiger partial charge < -0.3 is 10.4 Å². The molecule has 0 spiro atoms. The van der Waals surface area contributed by atoms with Crippen molar-refractivity contribution in [1.29, 1.82) is 0 Å². The second-order valence-electron chi connectivity index (χ2n) is 5.03. The number of rotatable bonds is 3. The molecule has 1 aliphatic rings. The van der Waals surface area contributed by atoms with Gasteiger partial charge in [0.25, 0.3) is 0 Å². The monoisotopic (exact) mass is 335 g/mol. The molecule has 0 aromatic heterocycles. The highest BCUT2D eigenvalue weighted by Crippen LogP contribution is 2.32. The summed E-state index contributed by atoms with van der Waals surface area (Å²) < 4.78 is 13.6. The van der Waals surface area contributed by atoms with Gasteiger partial charge in [0.05, 0.1) is 10.6 Å². The molecule has 0 amide bonds. The van der Waals surface area contributed by atoms with Crippen molar-refractivity contribution < 1.29 is 9.50 Å². The van der Waals surface area contributed by atoms with Crippen LogP contribution in [-0.4, -0.2) is 11.7 Å². The lowest BCUT2D eigenvalue weighted by Gasteiger charge is -2.15. The van der Waals surface area contributed by atoms with E-state index in [9.17, 15) is 9.50 Å². The zero-order chi connectivity index (χ0) is 14.1. The topological polar surface area (TPSA) is 32.3 Å². The third kappa shape index (κ3) is 2.58. The van der Waals surface area contributed by atoms with E-state index >= 15 is 0 Å². The van der Waals surface area contributed by atoms with Gasteiger partial charge in [-0.3, -0.25) is 0 Å². The maximum atomic E-state index is 13.2. The van der Waals surface area contributed by atoms with E-state index in [0.29, 0.717) is 10.9 Å². The Balaban J connectivity index is 1.84. The van der Waals surface area contributed by atoms with Gasteiger partial charge in [0.15, 0.2) is 0 Å². The number of aliphatic hydroxyl groups is 1. The van der Waals surface area contributed by atoms with E-state index in [1.54, 1.807) is 12.1 Å². The number of nitrogens with one attached hydrogen (secondary N) is 1. The largest absolute Gasteiger partial charge is 0.388 e. The molecule has 1 heterocycles. The van der Waals surface area contributed by atoms with Gasteiger partial charge in [0.2, 0.25) is 0 Å². The van der Waals surface area contributed by atoms with Crippen LogP contribution in [0.25, 0.3) is 0 Å². The van der Waals surface area contributed by atoms with Crippen molar-refractivity contribution >= 4 is 21.6 Å². The van der Waals surface area contributed by atoms with Crippen molar-refractivity contribution in [1.82, 2.24) is 0 Å². The van der Waals surface area contributed by atoms with E-state index < -0.39 is 6.10 Å². The summed E-state index contributed by atoms with van der Waals surface area (Å²) in [5.41, 5.74) is 4.13. The summed E-state index contributed by atoms with van der Waals surface area (Å²) in [7, 11) is 0. The molecule has 0 bridgehead atoms. The van der Waals surface area contributed by atoms with Crippen LogP contribution in [0.15, 0.2) is 40.9 Å². The van der Waals surface area contributed by atoms with Crippen LogP contribution in [-0.2, 0) is 12.8 Å². The van der Waals surface area contributed by atoms with Gasteiger partial charge in [-0.25, -0.2) is 4.39 Å². The Kier molecular flexibility index (Phi) is 3.76. The highest BCUT2D eigenvalue weighted by molar-refractivity contribution is 9.10. The fourth-order valence-corrected chi connectivity index (χ4v) is 3.07. The number of aliphatic hydroxyl groups excluding tert-OH is 1. The van der Waals surface area contributed by atoms with Crippen LogP contribution in [0, 0.1) is 5.82 Å². The fourth-order valence-electron chi connectivity index (χ4n) is 2.64. The average Bonchev–Trinajstić information content (AvgIpc) is 2.91. The zero-order valence-electron chi connectivity index (χ0n) is 10.9. The van der Waals surface area contributed by atoms with Crippen molar-refractivity contribution in [2.24, 2.45) is 0 Å². The number of halogens is 2. The number of hydrogen-bond donors (Lipinski definition) is 2. The summed E-state index contributed by atoms with van der Waals surface area (Å²) >= 11 is 3.17. The third-order valence-electron chi connectivity index (χ3n) is 3.65. The van der Waals surface area contributed by atoms with E-state index in [4.69, 9.17) is 0 Å². The van der Waals surface area contributed by atoms with Crippen molar-refractivity contribution in [3.05, 3.63) is 63.4 Å². The molecule has 0 fully saturated rings. The Hall–Kier alpha value is -1.39. The van der Waals surface area contributed by atoms with Crippen LogP contribution in [0.5, 0.6) is 0 Å². The van der Waals surface area contributed by atoms with Gasteiger partial charge in [-0.1, -0.05) is 24.3 Å². The van der Waals surface area contributed by atoms with Crippen LogP contribution in [0.4, 0.5) is 10.1 Å². The smallest absolute Gasteiger partial charge is 0.137 e. The van der Waals surface area contributed by atoms with E-state index in [1.807, 2.05) is 12.1 Å². The first kappa shape index (κ1) is 13.6. The number of para-hydroxylation sites is 1. The average molecular weight is 336 g/mol. The third-order valence-corrected chi connectivity index (χ3v) is 4.26. The molecule has 4 heteroatoms. The second-order valence-corrected chi connectivity index (χ2v) is 5.88. The lowest BCUT2D eigenvalue weighted by molar-refractivity contribution is 0.179. The molecular weight excluding hydrogens is 321 g/mol. The molecule has 3 rings (SSSR count). The summed E-state index contributed by atoms with van der Waals surface area (Å²) in [4.78, 5) is 0. The fraction of sp³-hybridized carbons (Fsp3) is 0.250. The molecule has 20 heavy (non-hydrogen) atoms. The second kappa shape index (κ2) is 5.54. The number of hydrogen-bond acceptors (Lipinski definition) is 2. The molecule has 0 aliphatic carbocycles. The molecule has 104 valence electrons. The maximum Gasteiger partial charge on any atom is 0.137 e. The number of anilines is 1. The van der Waals surface area contributed by atoms with Crippen LogP contribution >= 0.6 is 15.9 Å². The predicted octanol–water partition coefficient (Wildman–Crippen LogP) is 3.83. The van der Waals surface area contributed by atoms with Gasteiger partial charge >= 0.3 is 0 Å². The molecule has 2 nitrogen and oxygen atoms in total. The lowest BCUT2D eigenvalue weighted by atomic mass is 9.98. The minimum atomic E-state index is -0.590. The summed E-state index contributed by atoms with van der Waals surface area (Å²) in [6.45, 7) is 0.918. The standard InChI is InChI=1S/C16H15BrFNO/c17-13-8-10(4-5-14(13)18)9-15(20)12-3-1-2-11-6-7-19-16(11)12/h1-5,8,15,19-20H,6-7,9H2. The number of benzene rings is 2. The zero-order valence-corrected chi connectivity index (χ0v) is 12.5. The molecule has 0 saturated carbocycles. The molecular formula is C16H15BrFNO. The molecule has 0 radical (unpaired) electrons.